The lowest BCUT2D eigenvalue weighted by atomic mass is 10.1. The van der Waals surface area contributed by atoms with Crippen molar-refractivity contribution < 1.29 is 4.74 Å². The molecule has 2 aromatic carbocycles. The molecule has 0 spiro atoms. The molecular weight excluding hydrogens is 322 g/mol. The number of halogens is 1. The third kappa shape index (κ3) is 2.99. The zero-order valence-electron chi connectivity index (χ0n) is 13.7. The van der Waals surface area contributed by atoms with Crippen molar-refractivity contribution in [3.05, 3.63) is 53.1 Å². The second-order valence-electron chi connectivity index (χ2n) is 6.29. The van der Waals surface area contributed by atoms with Crippen LogP contribution in [0.2, 0.25) is 5.02 Å². The maximum Gasteiger partial charge on any atom is 0.153 e. The largest absolute Gasteiger partial charge is 0.454 e. The highest BCUT2D eigenvalue weighted by Gasteiger charge is 2.24. The van der Waals surface area contributed by atoms with Crippen LogP contribution in [0.5, 0.6) is 11.5 Å². The maximum absolute atomic E-state index is 6.17. The summed E-state index contributed by atoms with van der Waals surface area (Å²) in [6.07, 6.45) is 1.13. The number of nitrogens with zero attached hydrogens (tertiary/aromatic N) is 3. The number of hydrogen-bond donors (Lipinski definition) is 0. The van der Waals surface area contributed by atoms with Crippen LogP contribution in [0.4, 0.5) is 5.69 Å². The quantitative estimate of drug-likeness (QED) is 0.720. The molecule has 1 fully saturated rings. The minimum absolute atomic E-state index is 0.669. The molecule has 0 amide bonds. The van der Waals surface area contributed by atoms with E-state index in [0.717, 1.165) is 61.2 Å². The third-order valence-electron chi connectivity index (χ3n) is 4.51. The van der Waals surface area contributed by atoms with Gasteiger partial charge in [0.25, 0.3) is 0 Å². The second kappa shape index (κ2) is 6.46. The van der Waals surface area contributed by atoms with Gasteiger partial charge in [0.2, 0.25) is 0 Å². The molecule has 5 heteroatoms. The van der Waals surface area contributed by atoms with E-state index in [-0.39, 0.29) is 0 Å². The van der Waals surface area contributed by atoms with Gasteiger partial charge in [-0.2, -0.15) is 0 Å². The molecule has 0 aliphatic carbocycles. The molecule has 2 aliphatic heterocycles. The Morgan fingerprint density at radius 2 is 1.88 bits per heavy atom. The molecule has 0 aromatic heterocycles. The van der Waals surface area contributed by atoms with Crippen molar-refractivity contribution >= 4 is 23.1 Å². The predicted octanol–water partition coefficient (Wildman–Crippen LogP) is 4.16. The monoisotopic (exact) mass is 341 g/mol. The lowest BCUT2D eigenvalue weighted by Gasteiger charge is -2.24. The van der Waals surface area contributed by atoms with Crippen LogP contribution in [0.15, 0.2) is 47.5 Å². The minimum Gasteiger partial charge on any atom is -0.454 e. The Kier molecular flexibility index (Phi) is 4.17. The summed E-state index contributed by atoms with van der Waals surface area (Å²) in [7, 11) is 2.17. The SMILES string of the molecule is CN1CCCN(C2=Nc3cc(Cl)ccc3Oc3ccccc32)CC1. The number of aliphatic imine (C=N–C) groups is 1. The van der Waals surface area contributed by atoms with E-state index in [0.29, 0.717) is 5.02 Å². The van der Waals surface area contributed by atoms with Gasteiger partial charge in [-0.15, -0.1) is 0 Å². The Morgan fingerprint density at radius 3 is 2.79 bits per heavy atom. The van der Waals surface area contributed by atoms with E-state index in [1.807, 2.05) is 36.4 Å². The summed E-state index contributed by atoms with van der Waals surface area (Å²) in [6, 6.07) is 13.7. The van der Waals surface area contributed by atoms with Crippen molar-refractivity contribution in [3.8, 4) is 11.5 Å². The highest BCUT2D eigenvalue weighted by atomic mass is 35.5. The first-order chi connectivity index (χ1) is 11.7. The van der Waals surface area contributed by atoms with E-state index in [1.165, 1.54) is 0 Å². The van der Waals surface area contributed by atoms with Gasteiger partial charge in [-0.05, 0) is 50.3 Å². The average Bonchev–Trinajstić information content (AvgIpc) is 2.88. The molecule has 24 heavy (non-hydrogen) atoms. The third-order valence-corrected chi connectivity index (χ3v) is 4.75. The van der Waals surface area contributed by atoms with Crippen molar-refractivity contribution in [2.75, 3.05) is 33.2 Å². The van der Waals surface area contributed by atoms with Gasteiger partial charge in [0.05, 0.1) is 5.56 Å². The number of hydrogen-bond acceptors (Lipinski definition) is 4. The number of benzene rings is 2. The highest BCUT2D eigenvalue weighted by molar-refractivity contribution is 6.31. The van der Waals surface area contributed by atoms with Crippen LogP contribution in [0.3, 0.4) is 0 Å². The fourth-order valence-electron chi connectivity index (χ4n) is 3.20. The number of ether oxygens (including phenoxy) is 1. The fourth-order valence-corrected chi connectivity index (χ4v) is 3.36. The van der Waals surface area contributed by atoms with Crippen LogP contribution < -0.4 is 4.74 Å². The fraction of sp³-hybridized carbons (Fsp3) is 0.316. The minimum atomic E-state index is 0.669. The first-order valence-corrected chi connectivity index (χ1v) is 8.67. The van der Waals surface area contributed by atoms with Gasteiger partial charge in [-0.1, -0.05) is 23.7 Å². The summed E-state index contributed by atoms with van der Waals surface area (Å²) < 4.78 is 6.12. The van der Waals surface area contributed by atoms with Crippen LogP contribution in [-0.4, -0.2) is 48.9 Å². The zero-order chi connectivity index (χ0) is 16.5. The number of para-hydroxylation sites is 1. The van der Waals surface area contributed by atoms with Crippen molar-refractivity contribution in [1.29, 1.82) is 0 Å². The average molecular weight is 342 g/mol. The van der Waals surface area contributed by atoms with Crippen LogP contribution in [0.25, 0.3) is 0 Å². The Hall–Kier alpha value is -2.04. The molecule has 4 rings (SSSR count). The summed E-state index contributed by atoms with van der Waals surface area (Å²) in [5, 5.41) is 0.669. The Bertz CT molecular complexity index is 790. The Morgan fingerprint density at radius 1 is 1.00 bits per heavy atom. The van der Waals surface area contributed by atoms with Crippen molar-refractivity contribution in [3.63, 3.8) is 0 Å². The van der Waals surface area contributed by atoms with E-state index in [2.05, 4.69) is 22.9 Å². The van der Waals surface area contributed by atoms with Gasteiger partial charge in [0, 0.05) is 24.7 Å². The molecule has 0 atom stereocenters. The van der Waals surface area contributed by atoms with Crippen LogP contribution in [-0.2, 0) is 0 Å². The summed E-state index contributed by atoms with van der Waals surface area (Å²) in [4.78, 5) is 9.67. The molecule has 2 heterocycles. The molecule has 1 saturated heterocycles. The molecule has 0 unspecified atom stereocenters. The van der Waals surface area contributed by atoms with Crippen LogP contribution in [0.1, 0.15) is 12.0 Å². The smallest absolute Gasteiger partial charge is 0.153 e. The Balaban J connectivity index is 1.82. The molecule has 0 radical (unpaired) electrons. The van der Waals surface area contributed by atoms with Gasteiger partial charge in [0.1, 0.15) is 17.3 Å². The summed E-state index contributed by atoms with van der Waals surface area (Å²) in [5.74, 6) is 2.56. The van der Waals surface area contributed by atoms with E-state index in [9.17, 15) is 0 Å². The standard InChI is InChI=1S/C19H20ClN3O/c1-22-9-4-10-23(12-11-22)19-15-5-2-3-6-17(15)24-18-8-7-14(20)13-16(18)21-19/h2-3,5-8,13H,4,9-12H2,1H3. The lowest BCUT2D eigenvalue weighted by molar-refractivity contribution is 0.346. The second-order valence-corrected chi connectivity index (χ2v) is 6.73. The molecule has 124 valence electrons. The highest BCUT2D eigenvalue weighted by Crippen LogP contribution is 2.39. The lowest BCUT2D eigenvalue weighted by Crippen LogP contribution is -2.35. The topological polar surface area (TPSA) is 28.1 Å². The van der Waals surface area contributed by atoms with Gasteiger partial charge in [0.15, 0.2) is 5.75 Å². The molecule has 2 aromatic rings. The number of fused-ring (bicyclic) bond motifs is 2. The Labute approximate surface area is 147 Å². The molecule has 0 saturated carbocycles. The van der Waals surface area contributed by atoms with Crippen LogP contribution in [0, 0.1) is 0 Å². The van der Waals surface area contributed by atoms with Crippen molar-refractivity contribution in [2.45, 2.75) is 6.42 Å². The maximum atomic E-state index is 6.17. The molecule has 0 bridgehead atoms. The first kappa shape index (κ1) is 15.5. The van der Waals surface area contributed by atoms with Gasteiger partial charge in [-0.25, -0.2) is 4.99 Å². The van der Waals surface area contributed by atoms with Gasteiger partial charge >= 0.3 is 0 Å². The molecule has 0 N–H and O–H groups in total. The van der Waals surface area contributed by atoms with E-state index >= 15 is 0 Å². The van der Waals surface area contributed by atoms with Crippen molar-refractivity contribution in [1.82, 2.24) is 9.80 Å². The van der Waals surface area contributed by atoms with E-state index in [4.69, 9.17) is 21.3 Å². The predicted molar refractivity (Wildman–Crippen MR) is 97.9 cm³/mol. The van der Waals surface area contributed by atoms with Crippen molar-refractivity contribution in [2.24, 2.45) is 4.99 Å². The van der Waals surface area contributed by atoms with Gasteiger partial charge in [-0.3, -0.25) is 0 Å². The van der Waals surface area contributed by atoms with E-state index < -0.39 is 0 Å². The number of amidine groups is 1. The van der Waals surface area contributed by atoms with E-state index in [1.54, 1.807) is 0 Å². The van der Waals surface area contributed by atoms with Crippen LogP contribution >= 0.6 is 11.6 Å². The molecular formula is C19H20ClN3O. The molecule has 2 aliphatic rings. The first-order valence-electron chi connectivity index (χ1n) is 8.30. The summed E-state index contributed by atoms with van der Waals surface area (Å²) in [5.41, 5.74) is 1.82. The normalized spacial score (nSPS) is 17.9. The summed E-state index contributed by atoms with van der Waals surface area (Å²) >= 11 is 6.17. The van der Waals surface area contributed by atoms with Gasteiger partial charge < -0.3 is 14.5 Å². The number of likely N-dealkylation sites (N-methyl/N-ethyl adjacent to an activating group) is 1. The number of rotatable bonds is 0. The summed E-state index contributed by atoms with van der Waals surface area (Å²) in [6.45, 7) is 4.10. The molecule has 4 nitrogen and oxygen atoms in total. The zero-order valence-corrected chi connectivity index (χ0v) is 14.5.